The van der Waals surface area contributed by atoms with Gasteiger partial charge in [0.1, 0.15) is 12.1 Å². The van der Waals surface area contributed by atoms with Crippen LogP contribution in [0.15, 0.2) is 73.2 Å². The van der Waals surface area contributed by atoms with Crippen molar-refractivity contribution >= 4 is 17.7 Å². The van der Waals surface area contributed by atoms with Crippen LogP contribution in [0.1, 0.15) is 16.8 Å². The molecule has 1 heterocycles. The second kappa shape index (κ2) is 11.6. The van der Waals surface area contributed by atoms with Crippen LogP contribution in [0, 0.1) is 0 Å². The third kappa shape index (κ3) is 7.29. The van der Waals surface area contributed by atoms with Crippen LogP contribution in [-0.4, -0.2) is 45.8 Å². The van der Waals surface area contributed by atoms with Gasteiger partial charge in [0.05, 0.1) is 12.4 Å². The summed E-state index contributed by atoms with van der Waals surface area (Å²) in [5, 5.41) is 5.39. The lowest BCUT2D eigenvalue weighted by Crippen LogP contribution is -2.56. The summed E-state index contributed by atoms with van der Waals surface area (Å²) in [7, 11) is 0. The third-order valence-electron chi connectivity index (χ3n) is 5.19. The highest BCUT2D eigenvalue weighted by Gasteiger charge is 2.28. The maximum Gasteiger partial charge on any atom is 0.243 e. The number of benzene rings is 2. The maximum atomic E-state index is 13.1. The molecule has 1 aromatic heterocycles. The van der Waals surface area contributed by atoms with Crippen molar-refractivity contribution in [3.05, 3.63) is 90.0 Å². The molecule has 0 aliphatic carbocycles. The van der Waals surface area contributed by atoms with Crippen molar-refractivity contribution in [1.29, 1.82) is 0 Å². The number of imidazole rings is 1. The summed E-state index contributed by atoms with van der Waals surface area (Å²) in [4.78, 5) is 44.6. The first-order chi connectivity index (χ1) is 15.9. The average molecular weight is 449 g/mol. The fourth-order valence-electron chi connectivity index (χ4n) is 3.41. The minimum atomic E-state index is -0.967. The van der Waals surface area contributed by atoms with Crippen molar-refractivity contribution in [1.82, 2.24) is 20.6 Å². The van der Waals surface area contributed by atoms with E-state index in [4.69, 9.17) is 11.5 Å². The molecule has 9 nitrogen and oxygen atoms in total. The minimum Gasteiger partial charge on any atom is -0.368 e. The zero-order chi connectivity index (χ0) is 23.6. The van der Waals surface area contributed by atoms with Crippen LogP contribution in [0.3, 0.4) is 0 Å². The van der Waals surface area contributed by atoms with Crippen molar-refractivity contribution in [3.63, 3.8) is 0 Å². The molecule has 0 aliphatic heterocycles. The Hall–Kier alpha value is -3.98. The summed E-state index contributed by atoms with van der Waals surface area (Å²) in [5.74, 6) is -1.68. The highest BCUT2D eigenvalue weighted by Crippen LogP contribution is 2.07. The van der Waals surface area contributed by atoms with E-state index in [0.717, 1.165) is 11.1 Å². The summed E-state index contributed by atoms with van der Waals surface area (Å²) >= 11 is 0. The highest BCUT2D eigenvalue weighted by atomic mass is 16.2. The number of carbonyl (C=O) groups is 3. The molecule has 3 aromatic rings. The van der Waals surface area contributed by atoms with E-state index in [2.05, 4.69) is 20.6 Å². The molecule has 2 aromatic carbocycles. The van der Waals surface area contributed by atoms with Gasteiger partial charge in [-0.15, -0.1) is 0 Å². The quantitative estimate of drug-likeness (QED) is 0.284. The van der Waals surface area contributed by atoms with Crippen LogP contribution < -0.4 is 22.1 Å². The largest absolute Gasteiger partial charge is 0.368 e. The second-order valence-corrected chi connectivity index (χ2v) is 7.79. The molecular formula is C24H28N6O3. The molecule has 7 N–H and O–H groups in total. The molecule has 0 unspecified atom stereocenters. The number of carbonyl (C=O) groups excluding carboxylic acids is 3. The number of rotatable bonds is 11. The molecule has 3 amide bonds. The van der Waals surface area contributed by atoms with Gasteiger partial charge in [-0.25, -0.2) is 4.98 Å². The standard InChI is InChI=1S/C24H28N6O3/c25-19(11-16-7-3-1-4-8-16)23(32)30-21(12-17-9-5-2-6-10-17)24(33)29-20(22(26)31)13-18-14-27-15-28-18/h1-10,14-15,19-21H,11-13,25H2,(H2,26,31)(H,27,28)(H,29,33)(H,30,32)/t19-,20-,21-/m0/s1. The summed E-state index contributed by atoms with van der Waals surface area (Å²) in [6.07, 6.45) is 3.73. The van der Waals surface area contributed by atoms with E-state index in [0.29, 0.717) is 12.1 Å². The number of amides is 3. The number of nitrogens with one attached hydrogen (secondary N) is 3. The predicted octanol–water partition coefficient (Wildman–Crippen LogP) is 0.220. The molecule has 0 radical (unpaired) electrons. The van der Waals surface area contributed by atoms with Gasteiger partial charge in [-0.05, 0) is 17.5 Å². The summed E-state index contributed by atoms with van der Waals surface area (Å²) < 4.78 is 0. The molecule has 0 spiro atoms. The molecule has 0 bridgehead atoms. The van der Waals surface area contributed by atoms with Crippen molar-refractivity contribution in [2.75, 3.05) is 0 Å². The zero-order valence-electron chi connectivity index (χ0n) is 18.1. The van der Waals surface area contributed by atoms with Crippen molar-refractivity contribution in [2.24, 2.45) is 11.5 Å². The molecule has 3 rings (SSSR count). The zero-order valence-corrected chi connectivity index (χ0v) is 18.1. The molecule has 3 atom stereocenters. The number of nitrogens with two attached hydrogens (primary N) is 2. The van der Waals surface area contributed by atoms with Crippen LogP contribution in [0.2, 0.25) is 0 Å². The van der Waals surface area contributed by atoms with E-state index < -0.39 is 35.8 Å². The SMILES string of the molecule is NC(=O)[C@H](Cc1cnc[nH]1)NC(=O)[C@H](Cc1ccccc1)NC(=O)[C@@H](N)Cc1ccccc1. The molecule has 9 heteroatoms. The Bertz CT molecular complexity index is 1040. The van der Waals surface area contributed by atoms with Gasteiger partial charge >= 0.3 is 0 Å². The Labute approximate surface area is 192 Å². The van der Waals surface area contributed by atoms with Gasteiger partial charge in [0, 0.05) is 24.7 Å². The normalized spacial score (nSPS) is 13.5. The molecule has 172 valence electrons. The fourth-order valence-corrected chi connectivity index (χ4v) is 3.41. The molecule has 0 saturated carbocycles. The number of H-pyrrole nitrogens is 1. The Morgan fingerprint density at radius 1 is 0.818 bits per heavy atom. The van der Waals surface area contributed by atoms with E-state index in [1.807, 2.05) is 60.7 Å². The monoisotopic (exact) mass is 448 g/mol. The second-order valence-electron chi connectivity index (χ2n) is 7.79. The summed E-state index contributed by atoms with van der Waals surface area (Å²) in [6, 6.07) is 15.9. The first-order valence-corrected chi connectivity index (χ1v) is 10.6. The van der Waals surface area contributed by atoms with Gasteiger partial charge < -0.3 is 27.1 Å². The number of hydrogen-bond donors (Lipinski definition) is 5. The van der Waals surface area contributed by atoms with Gasteiger partial charge in [0.15, 0.2) is 0 Å². The van der Waals surface area contributed by atoms with Gasteiger partial charge in [-0.3, -0.25) is 14.4 Å². The molecule has 0 fully saturated rings. The first-order valence-electron chi connectivity index (χ1n) is 10.6. The minimum absolute atomic E-state index is 0.153. The van der Waals surface area contributed by atoms with E-state index in [9.17, 15) is 14.4 Å². The highest BCUT2D eigenvalue weighted by molar-refractivity contribution is 5.93. The number of nitrogens with zero attached hydrogens (tertiary/aromatic N) is 1. The van der Waals surface area contributed by atoms with E-state index in [1.165, 1.54) is 6.33 Å². The van der Waals surface area contributed by atoms with E-state index >= 15 is 0 Å². The Morgan fingerprint density at radius 3 is 1.94 bits per heavy atom. The Balaban J connectivity index is 1.71. The van der Waals surface area contributed by atoms with Crippen molar-refractivity contribution < 1.29 is 14.4 Å². The van der Waals surface area contributed by atoms with Gasteiger partial charge in [0.25, 0.3) is 0 Å². The maximum absolute atomic E-state index is 13.1. The molecule has 33 heavy (non-hydrogen) atoms. The van der Waals surface area contributed by atoms with E-state index in [-0.39, 0.29) is 12.8 Å². The van der Waals surface area contributed by atoms with Crippen LogP contribution >= 0.6 is 0 Å². The van der Waals surface area contributed by atoms with Crippen LogP contribution in [-0.2, 0) is 33.6 Å². The first kappa shape index (κ1) is 23.7. The average Bonchev–Trinajstić information content (AvgIpc) is 3.32. The summed E-state index contributed by atoms with van der Waals surface area (Å²) in [5.41, 5.74) is 14.0. The molecule has 0 saturated heterocycles. The Morgan fingerprint density at radius 2 is 1.39 bits per heavy atom. The predicted molar refractivity (Wildman–Crippen MR) is 124 cm³/mol. The third-order valence-corrected chi connectivity index (χ3v) is 5.19. The van der Waals surface area contributed by atoms with Gasteiger partial charge in [0.2, 0.25) is 17.7 Å². The van der Waals surface area contributed by atoms with Crippen molar-refractivity contribution in [2.45, 2.75) is 37.4 Å². The van der Waals surface area contributed by atoms with Gasteiger partial charge in [-0.1, -0.05) is 60.7 Å². The number of primary amides is 1. The van der Waals surface area contributed by atoms with E-state index in [1.54, 1.807) is 6.20 Å². The molecular weight excluding hydrogens is 420 g/mol. The number of aromatic nitrogens is 2. The van der Waals surface area contributed by atoms with Crippen LogP contribution in [0.5, 0.6) is 0 Å². The lowest BCUT2D eigenvalue weighted by atomic mass is 10.0. The number of aromatic amines is 1. The van der Waals surface area contributed by atoms with Crippen molar-refractivity contribution in [3.8, 4) is 0 Å². The van der Waals surface area contributed by atoms with Crippen LogP contribution in [0.25, 0.3) is 0 Å². The topological polar surface area (TPSA) is 156 Å². The fraction of sp³-hybridized carbons (Fsp3) is 0.250. The summed E-state index contributed by atoms with van der Waals surface area (Å²) in [6.45, 7) is 0. The number of hydrogen-bond acceptors (Lipinski definition) is 5. The molecule has 0 aliphatic rings. The van der Waals surface area contributed by atoms with Crippen LogP contribution in [0.4, 0.5) is 0 Å². The Kier molecular flexibility index (Phi) is 8.31. The smallest absolute Gasteiger partial charge is 0.243 e. The lowest BCUT2D eigenvalue weighted by molar-refractivity contribution is -0.131. The van der Waals surface area contributed by atoms with Gasteiger partial charge in [-0.2, -0.15) is 0 Å². The lowest BCUT2D eigenvalue weighted by Gasteiger charge is -2.23.